The first-order valence-corrected chi connectivity index (χ1v) is 8.00. The highest BCUT2D eigenvalue weighted by Gasteiger charge is 2.22. The summed E-state index contributed by atoms with van der Waals surface area (Å²) in [7, 11) is 0. The zero-order valence-electron chi connectivity index (χ0n) is 12.3. The number of nitrogens with one attached hydrogen (secondary N) is 1. The molecular formula is C15H19N3O2S. The molecule has 0 saturated carbocycles. The van der Waals surface area contributed by atoms with Crippen LogP contribution in [0.2, 0.25) is 0 Å². The Morgan fingerprint density at radius 1 is 1.62 bits per heavy atom. The normalized spacial score (nSPS) is 15.8. The van der Waals surface area contributed by atoms with Crippen LogP contribution < -0.4 is 5.32 Å². The van der Waals surface area contributed by atoms with Gasteiger partial charge in [-0.15, -0.1) is 11.3 Å². The van der Waals surface area contributed by atoms with Crippen LogP contribution >= 0.6 is 11.3 Å². The van der Waals surface area contributed by atoms with Gasteiger partial charge in [-0.05, 0) is 37.3 Å². The van der Waals surface area contributed by atoms with E-state index in [-0.39, 0.29) is 11.9 Å². The van der Waals surface area contributed by atoms with Crippen molar-refractivity contribution in [2.24, 2.45) is 0 Å². The first kappa shape index (κ1) is 14.3. The highest BCUT2D eigenvalue weighted by Crippen LogP contribution is 2.24. The largest absolute Gasteiger partial charge is 0.444 e. The molecular weight excluding hydrogens is 286 g/mol. The van der Waals surface area contributed by atoms with Crippen LogP contribution in [0.3, 0.4) is 0 Å². The minimum atomic E-state index is -0.0656. The number of thiophene rings is 1. The van der Waals surface area contributed by atoms with Gasteiger partial charge in [0.25, 0.3) is 0 Å². The molecule has 0 fully saturated rings. The van der Waals surface area contributed by atoms with Crippen molar-refractivity contribution in [2.75, 3.05) is 13.1 Å². The Morgan fingerprint density at radius 3 is 3.24 bits per heavy atom. The lowest BCUT2D eigenvalue weighted by Crippen LogP contribution is -2.41. The predicted molar refractivity (Wildman–Crippen MR) is 81.1 cm³/mol. The summed E-state index contributed by atoms with van der Waals surface area (Å²) in [5.74, 6) is 1.53. The summed E-state index contributed by atoms with van der Waals surface area (Å²) >= 11 is 1.78. The SMILES string of the molecule is Cc1cnc(C(C)NCC(=O)N2CCc3sccc3C2)o1. The molecule has 2 aromatic rings. The molecule has 0 aromatic carbocycles. The Balaban J connectivity index is 1.53. The summed E-state index contributed by atoms with van der Waals surface area (Å²) in [4.78, 5) is 19.8. The van der Waals surface area contributed by atoms with Crippen LogP contribution in [0.1, 0.15) is 35.1 Å². The van der Waals surface area contributed by atoms with E-state index in [1.54, 1.807) is 17.5 Å². The van der Waals surface area contributed by atoms with Crippen molar-refractivity contribution in [3.63, 3.8) is 0 Å². The Hall–Kier alpha value is -1.66. The average molecular weight is 305 g/mol. The van der Waals surface area contributed by atoms with E-state index in [1.165, 1.54) is 10.4 Å². The maximum atomic E-state index is 12.3. The van der Waals surface area contributed by atoms with Crippen molar-refractivity contribution in [1.82, 2.24) is 15.2 Å². The maximum absolute atomic E-state index is 12.3. The molecule has 0 aliphatic carbocycles. The van der Waals surface area contributed by atoms with Gasteiger partial charge in [-0.2, -0.15) is 0 Å². The van der Waals surface area contributed by atoms with E-state index in [9.17, 15) is 4.79 Å². The number of aryl methyl sites for hydroxylation is 1. The van der Waals surface area contributed by atoms with Crippen molar-refractivity contribution < 1.29 is 9.21 Å². The van der Waals surface area contributed by atoms with Crippen LogP contribution in [0, 0.1) is 6.92 Å². The van der Waals surface area contributed by atoms with Gasteiger partial charge >= 0.3 is 0 Å². The lowest BCUT2D eigenvalue weighted by Gasteiger charge is -2.27. The molecule has 6 heteroatoms. The minimum absolute atomic E-state index is 0.0656. The van der Waals surface area contributed by atoms with Gasteiger partial charge in [0.1, 0.15) is 5.76 Å². The number of nitrogens with zero attached hydrogens (tertiary/aromatic N) is 2. The third-order valence-electron chi connectivity index (χ3n) is 3.73. The van der Waals surface area contributed by atoms with Crippen LogP contribution in [-0.2, 0) is 17.8 Å². The maximum Gasteiger partial charge on any atom is 0.236 e. The smallest absolute Gasteiger partial charge is 0.236 e. The zero-order chi connectivity index (χ0) is 14.8. The minimum Gasteiger partial charge on any atom is -0.444 e. The second kappa shape index (κ2) is 5.99. The highest BCUT2D eigenvalue weighted by atomic mass is 32.1. The average Bonchev–Trinajstić information content (AvgIpc) is 3.12. The number of hydrogen-bond donors (Lipinski definition) is 1. The van der Waals surface area contributed by atoms with Crippen LogP contribution in [0.25, 0.3) is 0 Å². The first-order chi connectivity index (χ1) is 10.1. The van der Waals surface area contributed by atoms with E-state index >= 15 is 0 Å². The summed E-state index contributed by atoms with van der Waals surface area (Å²) in [6, 6.07) is 2.05. The number of carbonyl (C=O) groups is 1. The van der Waals surface area contributed by atoms with E-state index in [0.717, 1.165) is 25.3 Å². The predicted octanol–water partition coefficient (Wildman–Crippen LogP) is 2.28. The first-order valence-electron chi connectivity index (χ1n) is 7.12. The fourth-order valence-electron chi connectivity index (χ4n) is 2.47. The number of rotatable bonds is 4. The van der Waals surface area contributed by atoms with Crippen LogP contribution in [-0.4, -0.2) is 28.9 Å². The highest BCUT2D eigenvalue weighted by molar-refractivity contribution is 7.10. The zero-order valence-corrected chi connectivity index (χ0v) is 13.1. The fourth-order valence-corrected chi connectivity index (χ4v) is 3.36. The molecule has 2 aromatic heterocycles. The molecule has 1 aliphatic rings. The van der Waals surface area contributed by atoms with Crippen molar-refractivity contribution in [2.45, 2.75) is 32.9 Å². The number of amides is 1. The van der Waals surface area contributed by atoms with Gasteiger partial charge in [0, 0.05) is 18.0 Å². The van der Waals surface area contributed by atoms with Gasteiger partial charge in [0.15, 0.2) is 0 Å². The summed E-state index contributed by atoms with van der Waals surface area (Å²) < 4.78 is 5.46. The molecule has 0 saturated heterocycles. The topological polar surface area (TPSA) is 58.4 Å². The molecule has 1 N–H and O–H groups in total. The van der Waals surface area contributed by atoms with Gasteiger partial charge in [-0.3, -0.25) is 10.1 Å². The Bertz CT molecular complexity index is 634. The molecule has 0 spiro atoms. The number of carbonyl (C=O) groups excluding carboxylic acids is 1. The molecule has 0 radical (unpaired) electrons. The van der Waals surface area contributed by atoms with E-state index in [0.29, 0.717) is 12.4 Å². The summed E-state index contributed by atoms with van der Waals surface area (Å²) in [6.07, 6.45) is 2.66. The van der Waals surface area contributed by atoms with E-state index < -0.39 is 0 Å². The van der Waals surface area contributed by atoms with Crippen molar-refractivity contribution >= 4 is 17.2 Å². The number of oxazole rings is 1. The van der Waals surface area contributed by atoms with E-state index in [4.69, 9.17) is 4.42 Å². The molecule has 3 heterocycles. The molecule has 0 bridgehead atoms. The van der Waals surface area contributed by atoms with Gasteiger partial charge in [0.05, 0.1) is 18.8 Å². The van der Waals surface area contributed by atoms with Gasteiger partial charge in [-0.1, -0.05) is 0 Å². The van der Waals surface area contributed by atoms with Crippen LogP contribution in [0.4, 0.5) is 0 Å². The Kier molecular flexibility index (Phi) is 4.07. The van der Waals surface area contributed by atoms with E-state index in [1.807, 2.05) is 18.7 Å². The van der Waals surface area contributed by atoms with Gasteiger partial charge in [0.2, 0.25) is 11.8 Å². The summed E-state index contributed by atoms with van der Waals surface area (Å²) in [6.45, 7) is 5.65. The standard InChI is InChI=1S/C15H19N3O2S/c1-10-7-17-15(20-10)11(2)16-8-14(19)18-5-3-13-12(9-18)4-6-21-13/h4,6-7,11,16H,3,5,8-9H2,1-2H3. The molecule has 112 valence electrons. The van der Waals surface area contributed by atoms with Gasteiger partial charge in [-0.25, -0.2) is 4.98 Å². The Morgan fingerprint density at radius 2 is 2.48 bits per heavy atom. The number of hydrogen-bond acceptors (Lipinski definition) is 5. The van der Waals surface area contributed by atoms with Crippen molar-refractivity contribution in [3.8, 4) is 0 Å². The number of aromatic nitrogens is 1. The molecule has 5 nitrogen and oxygen atoms in total. The molecule has 3 rings (SSSR count). The lowest BCUT2D eigenvalue weighted by molar-refractivity contribution is -0.131. The molecule has 21 heavy (non-hydrogen) atoms. The quantitative estimate of drug-likeness (QED) is 0.941. The van der Waals surface area contributed by atoms with Crippen LogP contribution in [0.5, 0.6) is 0 Å². The molecule has 1 unspecified atom stereocenters. The summed E-state index contributed by atoms with van der Waals surface area (Å²) in [5.41, 5.74) is 1.29. The fraction of sp³-hybridized carbons (Fsp3) is 0.467. The van der Waals surface area contributed by atoms with Crippen LogP contribution in [0.15, 0.2) is 22.1 Å². The summed E-state index contributed by atoms with van der Waals surface area (Å²) in [5, 5.41) is 5.28. The Labute approximate surface area is 128 Å². The van der Waals surface area contributed by atoms with Crippen molar-refractivity contribution in [3.05, 3.63) is 39.7 Å². The van der Waals surface area contributed by atoms with Gasteiger partial charge < -0.3 is 9.32 Å². The monoisotopic (exact) mass is 305 g/mol. The van der Waals surface area contributed by atoms with Crippen molar-refractivity contribution in [1.29, 1.82) is 0 Å². The second-order valence-corrected chi connectivity index (χ2v) is 6.35. The third-order valence-corrected chi connectivity index (χ3v) is 4.75. The number of fused-ring (bicyclic) bond motifs is 1. The molecule has 1 aliphatic heterocycles. The molecule has 1 amide bonds. The second-order valence-electron chi connectivity index (χ2n) is 5.35. The third kappa shape index (κ3) is 3.16. The molecule has 1 atom stereocenters. The lowest BCUT2D eigenvalue weighted by atomic mass is 10.1. The van der Waals surface area contributed by atoms with E-state index in [2.05, 4.69) is 21.7 Å².